The normalized spacial score (nSPS) is 17.1. The first-order valence-corrected chi connectivity index (χ1v) is 6.58. The van der Waals surface area contributed by atoms with Gasteiger partial charge in [-0.1, -0.05) is 24.3 Å². The highest BCUT2D eigenvalue weighted by Gasteiger charge is 2.18. The Labute approximate surface area is 113 Å². The fourth-order valence-electron chi connectivity index (χ4n) is 2.18. The lowest BCUT2D eigenvalue weighted by Gasteiger charge is -2.16. The Morgan fingerprint density at radius 2 is 2.21 bits per heavy atom. The summed E-state index contributed by atoms with van der Waals surface area (Å²) in [6.07, 6.45) is 6.54. The van der Waals surface area contributed by atoms with Gasteiger partial charge in [0.05, 0.1) is 12.2 Å². The first-order valence-electron chi connectivity index (χ1n) is 6.58. The molecule has 0 heterocycles. The van der Waals surface area contributed by atoms with E-state index in [1.807, 2.05) is 24.3 Å². The van der Waals surface area contributed by atoms with E-state index in [2.05, 4.69) is 0 Å². The summed E-state index contributed by atoms with van der Waals surface area (Å²) in [4.78, 5) is 11.9. The van der Waals surface area contributed by atoms with Crippen molar-refractivity contribution in [3.63, 3.8) is 0 Å². The Morgan fingerprint density at radius 3 is 2.95 bits per heavy atom. The van der Waals surface area contributed by atoms with Gasteiger partial charge < -0.3 is 9.84 Å². The van der Waals surface area contributed by atoms with E-state index in [-0.39, 0.29) is 11.7 Å². The number of hydrogen-bond donors (Lipinski definition) is 1. The van der Waals surface area contributed by atoms with Gasteiger partial charge in [0.1, 0.15) is 5.75 Å². The van der Waals surface area contributed by atoms with Gasteiger partial charge in [0.15, 0.2) is 0 Å². The van der Waals surface area contributed by atoms with Gasteiger partial charge in [-0.2, -0.15) is 0 Å². The van der Waals surface area contributed by atoms with Crippen molar-refractivity contribution in [2.24, 2.45) is 0 Å². The third-order valence-corrected chi connectivity index (χ3v) is 3.11. The Bertz CT molecular complexity index is 527. The number of benzene rings is 1. The highest BCUT2D eigenvalue weighted by atomic mass is 16.5. The van der Waals surface area contributed by atoms with Gasteiger partial charge in [-0.05, 0) is 43.9 Å². The van der Waals surface area contributed by atoms with Crippen LogP contribution in [-0.2, 0) is 9.53 Å². The Hall–Kier alpha value is -2.03. The summed E-state index contributed by atoms with van der Waals surface area (Å²) in [7, 11) is 0. The van der Waals surface area contributed by atoms with Crippen molar-refractivity contribution in [2.45, 2.75) is 26.2 Å². The molecule has 3 heteroatoms. The molecule has 0 saturated heterocycles. The summed E-state index contributed by atoms with van der Waals surface area (Å²) in [5.41, 5.74) is 2.30. The highest BCUT2D eigenvalue weighted by Crippen LogP contribution is 2.29. The van der Waals surface area contributed by atoms with Crippen LogP contribution < -0.4 is 0 Å². The van der Waals surface area contributed by atoms with E-state index in [0.717, 1.165) is 30.4 Å². The van der Waals surface area contributed by atoms with Gasteiger partial charge in [-0.25, -0.2) is 4.79 Å². The average molecular weight is 258 g/mol. The fourth-order valence-corrected chi connectivity index (χ4v) is 2.18. The minimum absolute atomic E-state index is 0.226. The molecule has 0 fully saturated rings. The Balaban J connectivity index is 2.31. The largest absolute Gasteiger partial charge is 0.507 e. The molecule has 0 aliphatic heterocycles. The number of para-hydroxylation sites is 1. The first kappa shape index (κ1) is 13.4. The third-order valence-electron chi connectivity index (χ3n) is 3.11. The van der Waals surface area contributed by atoms with Crippen LogP contribution in [0.2, 0.25) is 0 Å². The van der Waals surface area contributed by atoms with Crippen LogP contribution in [0, 0.1) is 0 Å². The van der Waals surface area contributed by atoms with Crippen molar-refractivity contribution in [3.05, 3.63) is 47.1 Å². The molecule has 0 unspecified atom stereocenters. The van der Waals surface area contributed by atoms with Crippen molar-refractivity contribution < 1.29 is 14.6 Å². The number of phenols is 1. The Morgan fingerprint density at radius 1 is 1.42 bits per heavy atom. The standard InChI is InChI=1S/C16H18O3/c1-2-19-16(18)14-9-5-3-7-12(14)11-13-8-4-6-10-15(13)17/h4,6,8-11,17H,2-3,5,7H2,1H3/b12-11+. The topological polar surface area (TPSA) is 46.5 Å². The predicted molar refractivity (Wildman–Crippen MR) is 74.7 cm³/mol. The van der Waals surface area contributed by atoms with Crippen LogP contribution in [0.25, 0.3) is 6.08 Å². The first-order chi connectivity index (χ1) is 9.22. The second-order valence-electron chi connectivity index (χ2n) is 4.46. The summed E-state index contributed by atoms with van der Waals surface area (Å²) in [5.74, 6) is -0.0485. The average Bonchev–Trinajstić information content (AvgIpc) is 2.42. The molecule has 0 atom stereocenters. The lowest BCUT2D eigenvalue weighted by atomic mass is 9.92. The van der Waals surface area contributed by atoms with Gasteiger partial charge in [0, 0.05) is 5.56 Å². The van der Waals surface area contributed by atoms with Crippen LogP contribution >= 0.6 is 0 Å². The van der Waals surface area contributed by atoms with E-state index in [1.165, 1.54) is 0 Å². The van der Waals surface area contributed by atoms with Crippen LogP contribution in [-0.4, -0.2) is 17.7 Å². The molecule has 19 heavy (non-hydrogen) atoms. The summed E-state index contributed by atoms with van der Waals surface area (Å²) < 4.78 is 5.07. The molecule has 0 radical (unpaired) electrons. The molecule has 1 aliphatic carbocycles. The van der Waals surface area contributed by atoms with E-state index in [1.54, 1.807) is 19.1 Å². The molecular formula is C16H18O3. The fraction of sp³-hybridized carbons (Fsp3) is 0.312. The number of ether oxygens (including phenoxy) is 1. The summed E-state index contributed by atoms with van der Waals surface area (Å²) >= 11 is 0. The maximum atomic E-state index is 11.9. The molecule has 0 saturated carbocycles. The molecule has 1 N–H and O–H groups in total. The van der Waals surface area contributed by atoms with E-state index in [9.17, 15) is 9.90 Å². The number of carbonyl (C=O) groups excluding carboxylic acids is 1. The SMILES string of the molecule is CCOC(=O)C1=CCCC/C1=C\c1ccccc1O. The van der Waals surface area contributed by atoms with Crippen molar-refractivity contribution in [3.8, 4) is 5.75 Å². The van der Waals surface area contributed by atoms with Crippen LogP contribution in [0.1, 0.15) is 31.7 Å². The van der Waals surface area contributed by atoms with Crippen LogP contribution in [0.4, 0.5) is 0 Å². The second kappa shape index (κ2) is 6.23. The summed E-state index contributed by atoms with van der Waals surface area (Å²) in [6.45, 7) is 2.17. The molecule has 100 valence electrons. The van der Waals surface area contributed by atoms with Crippen molar-refractivity contribution in [1.29, 1.82) is 0 Å². The van der Waals surface area contributed by atoms with Crippen LogP contribution in [0.5, 0.6) is 5.75 Å². The van der Waals surface area contributed by atoms with E-state index < -0.39 is 0 Å². The third kappa shape index (κ3) is 3.25. The highest BCUT2D eigenvalue weighted by molar-refractivity contribution is 5.95. The lowest BCUT2D eigenvalue weighted by molar-refractivity contribution is -0.138. The quantitative estimate of drug-likeness (QED) is 0.845. The second-order valence-corrected chi connectivity index (χ2v) is 4.46. The van der Waals surface area contributed by atoms with Crippen molar-refractivity contribution >= 4 is 12.0 Å². The number of allylic oxidation sites excluding steroid dienone is 1. The molecule has 1 aromatic rings. The van der Waals surface area contributed by atoms with E-state index in [0.29, 0.717) is 12.2 Å². The monoisotopic (exact) mass is 258 g/mol. The van der Waals surface area contributed by atoms with Gasteiger partial charge >= 0.3 is 5.97 Å². The zero-order chi connectivity index (χ0) is 13.7. The molecular weight excluding hydrogens is 240 g/mol. The molecule has 3 nitrogen and oxygen atoms in total. The van der Waals surface area contributed by atoms with E-state index in [4.69, 9.17) is 4.74 Å². The number of hydrogen-bond acceptors (Lipinski definition) is 3. The van der Waals surface area contributed by atoms with Gasteiger partial charge in [0.2, 0.25) is 0 Å². The van der Waals surface area contributed by atoms with Gasteiger partial charge in [-0.3, -0.25) is 0 Å². The molecule has 0 aromatic heterocycles. The number of aromatic hydroxyl groups is 1. The lowest BCUT2D eigenvalue weighted by Crippen LogP contribution is -2.12. The van der Waals surface area contributed by atoms with Crippen molar-refractivity contribution in [2.75, 3.05) is 6.61 Å². The number of esters is 1. The molecule has 0 bridgehead atoms. The number of phenolic OH excluding ortho intramolecular Hbond substituents is 1. The predicted octanol–water partition coefficient (Wildman–Crippen LogP) is 3.45. The minimum atomic E-state index is -0.274. The van der Waals surface area contributed by atoms with Gasteiger partial charge in [0.25, 0.3) is 0 Å². The molecule has 0 spiro atoms. The number of carbonyl (C=O) groups is 1. The Kier molecular flexibility index (Phi) is 4.39. The zero-order valence-corrected chi connectivity index (χ0v) is 11.1. The van der Waals surface area contributed by atoms with E-state index >= 15 is 0 Å². The van der Waals surface area contributed by atoms with Crippen LogP contribution in [0.3, 0.4) is 0 Å². The van der Waals surface area contributed by atoms with Crippen molar-refractivity contribution in [1.82, 2.24) is 0 Å². The van der Waals surface area contributed by atoms with Gasteiger partial charge in [-0.15, -0.1) is 0 Å². The number of rotatable bonds is 3. The smallest absolute Gasteiger partial charge is 0.338 e. The zero-order valence-electron chi connectivity index (χ0n) is 11.1. The molecule has 1 aliphatic rings. The maximum Gasteiger partial charge on any atom is 0.338 e. The molecule has 2 rings (SSSR count). The molecule has 0 amide bonds. The molecule has 1 aromatic carbocycles. The van der Waals surface area contributed by atoms with Crippen LogP contribution in [0.15, 0.2) is 41.5 Å². The maximum absolute atomic E-state index is 11.9. The summed E-state index contributed by atoms with van der Waals surface area (Å²) in [5, 5.41) is 9.79. The minimum Gasteiger partial charge on any atom is -0.507 e. The summed E-state index contributed by atoms with van der Waals surface area (Å²) in [6, 6.07) is 7.12.